The van der Waals surface area contributed by atoms with Gasteiger partial charge in [-0.25, -0.2) is 0 Å². The third-order valence-corrected chi connectivity index (χ3v) is 7.59. The summed E-state index contributed by atoms with van der Waals surface area (Å²) in [5.74, 6) is 0.730. The fourth-order valence-electron chi connectivity index (χ4n) is 5.30. The lowest BCUT2D eigenvalue weighted by atomic mass is 9.72. The zero-order valence-electron chi connectivity index (χ0n) is 19.6. The van der Waals surface area contributed by atoms with Gasteiger partial charge in [-0.3, -0.25) is 9.59 Å². The van der Waals surface area contributed by atoms with Gasteiger partial charge in [0.05, 0.1) is 19.3 Å². The molecule has 1 aromatic rings. The molecular weight excluding hydrogens is 410 g/mol. The lowest BCUT2D eigenvalue weighted by Crippen LogP contribution is -2.43. The maximum Gasteiger partial charge on any atom is 0.303 e. The molecule has 3 fully saturated rings. The Hall–Kier alpha value is -2.28. The van der Waals surface area contributed by atoms with Crippen LogP contribution in [0.4, 0.5) is 0 Å². The summed E-state index contributed by atoms with van der Waals surface area (Å²) in [5.41, 5.74) is -0.548. The number of carbonyl (C=O) groups excluding carboxylic acids is 2. The number of esters is 1. The molecule has 7 nitrogen and oxygen atoms in total. The fraction of sp³-hybridized carbons (Fsp3) is 0.680. The van der Waals surface area contributed by atoms with Crippen molar-refractivity contribution in [2.75, 3.05) is 20.2 Å². The maximum absolute atomic E-state index is 13.3. The molecule has 2 saturated carbocycles. The minimum atomic E-state index is -1.02. The number of carbonyl (C=O) groups is 2. The van der Waals surface area contributed by atoms with Crippen molar-refractivity contribution in [2.45, 2.75) is 83.0 Å². The molecule has 0 radical (unpaired) electrons. The highest BCUT2D eigenvalue weighted by atomic mass is 16.6. The van der Waals surface area contributed by atoms with Crippen molar-refractivity contribution in [1.82, 2.24) is 4.90 Å². The van der Waals surface area contributed by atoms with E-state index in [1.165, 1.54) is 19.8 Å². The summed E-state index contributed by atoms with van der Waals surface area (Å²) in [5, 5.41) is 10.7. The molecule has 7 heteroatoms. The third kappa shape index (κ3) is 4.19. The van der Waals surface area contributed by atoms with Crippen molar-refractivity contribution in [1.29, 1.82) is 0 Å². The summed E-state index contributed by atoms with van der Waals surface area (Å²) in [7, 11) is 1.64. The van der Waals surface area contributed by atoms with Gasteiger partial charge in [0.25, 0.3) is 5.91 Å². The SMILES string of the molecule is COc1ccc([C@@H]2CN(C(=O)C3(OC(C)=O)CC3)C[C@@]2(C)[C@@H](C)O)cc1OC1CCCC1. The predicted octanol–water partition coefficient (Wildman–Crippen LogP) is 3.43. The summed E-state index contributed by atoms with van der Waals surface area (Å²) in [6, 6.07) is 5.92. The first-order valence-electron chi connectivity index (χ1n) is 11.7. The molecule has 0 spiro atoms. The number of hydrogen-bond donors (Lipinski definition) is 1. The highest BCUT2D eigenvalue weighted by Gasteiger charge is 2.59. The quantitative estimate of drug-likeness (QED) is 0.648. The van der Waals surface area contributed by atoms with Crippen LogP contribution in [0.3, 0.4) is 0 Å². The number of hydrogen-bond acceptors (Lipinski definition) is 6. The summed E-state index contributed by atoms with van der Waals surface area (Å²) < 4.78 is 17.2. The fourth-order valence-corrected chi connectivity index (χ4v) is 5.30. The first-order chi connectivity index (χ1) is 15.2. The summed E-state index contributed by atoms with van der Waals surface area (Å²) >= 11 is 0. The molecule has 32 heavy (non-hydrogen) atoms. The zero-order valence-corrected chi connectivity index (χ0v) is 19.6. The van der Waals surface area contributed by atoms with Gasteiger partial charge in [0.2, 0.25) is 0 Å². The predicted molar refractivity (Wildman–Crippen MR) is 119 cm³/mol. The Morgan fingerprint density at radius 2 is 1.88 bits per heavy atom. The molecule has 3 atom stereocenters. The number of rotatable bonds is 7. The summed E-state index contributed by atoms with van der Waals surface area (Å²) in [6.07, 6.45) is 5.12. The average molecular weight is 446 g/mol. The van der Waals surface area contributed by atoms with Crippen LogP contribution in [-0.2, 0) is 14.3 Å². The number of nitrogens with zero attached hydrogens (tertiary/aromatic N) is 1. The molecule has 3 aliphatic rings. The number of amides is 1. The van der Waals surface area contributed by atoms with Crippen LogP contribution in [-0.4, -0.2) is 59.9 Å². The van der Waals surface area contributed by atoms with Crippen LogP contribution in [0.25, 0.3) is 0 Å². The summed E-state index contributed by atoms with van der Waals surface area (Å²) in [4.78, 5) is 26.6. The van der Waals surface area contributed by atoms with Crippen LogP contribution in [0.5, 0.6) is 11.5 Å². The van der Waals surface area contributed by atoms with E-state index >= 15 is 0 Å². The first kappa shape index (κ1) is 22.9. The number of aliphatic hydroxyl groups excluding tert-OH is 1. The highest BCUT2D eigenvalue weighted by Crippen LogP contribution is 2.50. The van der Waals surface area contributed by atoms with Crippen molar-refractivity contribution in [2.24, 2.45) is 5.41 Å². The lowest BCUT2D eigenvalue weighted by molar-refractivity contribution is -0.161. The third-order valence-electron chi connectivity index (χ3n) is 7.59. The normalized spacial score (nSPS) is 27.8. The minimum Gasteiger partial charge on any atom is -0.493 e. The first-order valence-corrected chi connectivity index (χ1v) is 11.7. The van der Waals surface area contributed by atoms with Gasteiger partial charge < -0.3 is 24.2 Å². The van der Waals surface area contributed by atoms with E-state index in [4.69, 9.17) is 14.2 Å². The zero-order chi connectivity index (χ0) is 23.1. The van der Waals surface area contributed by atoms with E-state index in [0.29, 0.717) is 37.4 Å². The minimum absolute atomic E-state index is 0.0867. The van der Waals surface area contributed by atoms with E-state index in [1.807, 2.05) is 25.1 Å². The molecule has 0 bridgehead atoms. The Morgan fingerprint density at radius 3 is 2.44 bits per heavy atom. The van der Waals surface area contributed by atoms with E-state index in [1.54, 1.807) is 18.9 Å². The van der Waals surface area contributed by atoms with E-state index in [0.717, 1.165) is 18.4 Å². The van der Waals surface area contributed by atoms with Crippen molar-refractivity contribution in [3.8, 4) is 11.5 Å². The molecule has 0 unspecified atom stereocenters. The average Bonchev–Trinajstić information content (AvgIpc) is 3.17. The molecule has 1 aliphatic heterocycles. The van der Waals surface area contributed by atoms with Crippen molar-refractivity contribution in [3.05, 3.63) is 23.8 Å². The number of aliphatic hydroxyl groups is 1. The smallest absolute Gasteiger partial charge is 0.303 e. The molecule has 0 aromatic heterocycles. The van der Waals surface area contributed by atoms with Crippen LogP contribution in [0.1, 0.15) is 70.8 Å². The molecule has 1 N–H and O–H groups in total. The van der Waals surface area contributed by atoms with Gasteiger partial charge in [0.1, 0.15) is 0 Å². The highest BCUT2D eigenvalue weighted by molar-refractivity contribution is 5.90. The van der Waals surface area contributed by atoms with Crippen molar-refractivity contribution < 1.29 is 28.9 Å². The van der Waals surface area contributed by atoms with Crippen molar-refractivity contribution in [3.63, 3.8) is 0 Å². The van der Waals surface area contributed by atoms with Crippen LogP contribution in [0.15, 0.2) is 18.2 Å². The Bertz CT molecular complexity index is 873. The monoisotopic (exact) mass is 445 g/mol. The topological polar surface area (TPSA) is 85.3 Å². The molecule has 1 saturated heterocycles. The van der Waals surface area contributed by atoms with Gasteiger partial charge in [-0.15, -0.1) is 0 Å². The Labute approximate surface area is 190 Å². The standard InChI is InChI=1S/C25H35NO6/c1-16(27)24(3)15-26(23(29)25(11-12-25)32-17(2)28)14-20(24)18-9-10-21(30-4)22(13-18)31-19-7-5-6-8-19/h9-10,13,16,19-20,27H,5-8,11-12,14-15H2,1-4H3/t16-,20+,24+/m1/s1. The van der Waals surface area contributed by atoms with Crippen LogP contribution in [0.2, 0.25) is 0 Å². The van der Waals surface area contributed by atoms with E-state index < -0.39 is 23.1 Å². The summed E-state index contributed by atoms with van der Waals surface area (Å²) in [6.45, 7) is 5.99. The molecule has 2 aliphatic carbocycles. The number of benzene rings is 1. The van der Waals surface area contributed by atoms with Crippen LogP contribution in [0, 0.1) is 5.41 Å². The molecule has 4 rings (SSSR count). The second kappa shape index (κ2) is 8.58. The van der Waals surface area contributed by atoms with Crippen molar-refractivity contribution >= 4 is 11.9 Å². The molecule has 176 valence electrons. The number of ether oxygens (including phenoxy) is 3. The van der Waals surface area contributed by atoms with Gasteiger partial charge in [0.15, 0.2) is 17.1 Å². The van der Waals surface area contributed by atoms with E-state index in [2.05, 4.69) is 0 Å². The van der Waals surface area contributed by atoms with Gasteiger partial charge in [-0.2, -0.15) is 0 Å². The van der Waals surface area contributed by atoms with E-state index in [9.17, 15) is 14.7 Å². The molecule has 1 aromatic carbocycles. The second-order valence-corrected chi connectivity index (χ2v) is 9.94. The maximum atomic E-state index is 13.3. The van der Waals surface area contributed by atoms with Gasteiger partial charge in [-0.05, 0) is 50.3 Å². The lowest BCUT2D eigenvalue weighted by Gasteiger charge is -2.34. The van der Waals surface area contributed by atoms with Gasteiger partial charge in [-0.1, -0.05) is 13.0 Å². The van der Waals surface area contributed by atoms with E-state index in [-0.39, 0.29) is 17.9 Å². The van der Waals surface area contributed by atoms with Gasteiger partial charge >= 0.3 is 5.97 Å². The number of likely N-dealkylation sites (tertiary alicyclic amines) is 1. The second-order valence-electron chi connectivity index (χ2n) is 9.94. The molecule has 1 amide bonds. The Balaban J connectivity index is 1.61. The Morgan fingerprint density at radius 1 is 1.19 bits per heavy atom. The Kier molecular flexibility index (Phi) is 6.14. The molecule has 1 heterocycles. The number of methoxy groups -OCH3 is 1. The van der Waals surface area contributed by atoms with Crippen LogP contribution >= 0.6 is 0 Å². The largest absolute Gasteiger partial charge is 0.493 e. The van der Waals surface area contributed by atoms with Crippen LogP contribution < -0.4 is 9.47 Å². The molecular formula is C25H35NO6. The van der Waals surface area contributed by atoms with Gasteiger partial charge in [0, 0.05) is 44.2 Å².